The lowest BCUT2D eigenvalue weighted by atomic mass is 9.91. The van der Waals surface area contributed by atoms with Crippen molar-refractivity contribution in [1.82, 2.24) is 25.6 Å². The average Bonchev–Trinajstić information content (AvgIpc) is 2.98. The summed E-state index contributed by atoms with van der Waals surface area (Å²) in [6.45, 7) is 3.40. The summed E-state index contributed by atoms with van der Waals surface area (Å²) in [6.07, 6.45) is 12.6. The number of amides is 1. The number of ether oxygens (including phenoxy) is 1. The molecule has 1 aromatic heterocycles. The third kappa shape index (κ3) is 5.04. The van der Waals surface area contributed by atoms with Crippen molar-refractivity contribution in [3.63, 3.8) is 0 Å². The maximum Gasteiger partial charge on any atom is 0.276 e. The second-order valence-corrected chi connectivity index (χ2v) is 8.70. The van der Waals surface area contributed by atoms with E-state index in [2.05, 4.69) is 38.2 Å². The van der Waals surface area contributed by atoms with Gasteiger partial charge in [0.25, 0.3) is 5.91 Å². The van der Waals surface area contributed by atoms with E-state index in [0.29, 0.717) is 31.3 Å². The van der Waals surface area contributed by atoms with Crippen LogP contribution in [0.1, 0.15) is 29.8 Å². The second kappa shape index (κ2) is 9.68. The number of rotatable bonds is 6. The summed E-state index contributed by atoms with van der Waals surface area (Å²) in [5.74, 6) is 0.790. The molecule has 33 heavy (non-hydrogen) atoms. The zero-order chi connectivity index (χ0) is 22.6. The van der Waals surface area contributed by atoms with Crippen molar-refractivity contribution >= 4 is 11.7 Å². The predicted molar refractivity (Wildman–Crippen MR) is 125 cm³/mol. The third-order valence-electron chi connectivity index (χ3n) is 6.31. The van der Waals surface area contributed by atoms with Crippen LogP contribution in [0, 0.1) is 0 Å². The molecule has 0 aromatic carbocycles. The van der Waals surface area contributed by atoms with Gasteiger partial charge < -0.3 is 30.9 Å². The smallest absolute Gasteiger partial charge is 0.276 e. The highest BCUT2D eigenvalue weighted by Gasteiger charge is 2.28. The number of hydrogen-bond donors (Lipinski definition) is 4. The van der Waals surface area contributed by atoms with E-state index in [1.165, 1.54) is 5.57 Å². The Morgan fingerprint density at radius 3 is 3.00 bits per heavy atom. The molecule has 0 spiro atoms. The Balaban J connectivity index is 1.23. The molecule has 4 N–H and O–H groups in total. The van der Waals surface area contributed by atoms with Gasteiger partial charge in [0.05, 0.1) is 18.3 Å². The highest BCUT2D eigenvalue weighted by atomic mass is 16.5. The lowest BCUT2D eigenvalue weighted by Crippen LogP contribution is -2.45. The Kier molecular flexibility index (Phi) is 6.32. The first kappa shape index (κ1) is 21.5. The molecule has 5 rings (SSSR count). The number of carbonyl (C=O) groups is 1. The van der Waals surface area contributed by atoms with E-state index < -0.39 is 6.10 Å². The number of hydrogen-bond acceptors (Lipinski definition) is 8. The molecule has 3 aliphatic heterocycles. The van der Waals surface area contributed by atoms with E-state index in [1.54, 1.807) is 35.0 Å². The van der Waals surface area contributed by atoms with E-state index in [1.807, 2.05) is 6.08 Å². The Hall–Kier alpha value is -3.30. The van der Waals surface area contributed by atoms with Crippen LogP contribution in [0.15, 0.2) is 59.6 Å². The Labute approximate surface area is 193 Å². The SMILES string of the molecule is O=C1c2nc(NC3=CNNC=C3)ccc2OCCN1CC(O)CN1CCC2=C(C=CCC2)C1. The molecule has 1 atom stereocenters. The molecule has 0 bridgehead atoms. The van der Waals surface area contributed by atoms with E-state index in [9.17, 15) is 9.90 Å². The van der Waals surface area contributed by atoms with Crippen molar-refractivity contribution in [2.75, 3.05) is 44.6 Å². The van der Waals surface area contributed by atoms with E-state index in [4.69, 9.17) is 4.74 Å². The van der Waals surface area contributed by atoms with Gasteiger partial charge in [0, 0.05) is 38.6 Å². The number of nitrogens with one attached hydrogen (secondary N) is 3. The number of nitrogens with zero attached hydrogens (tertiary/aromatic N) is 3. The van der Waals surface area contributed by atoms with Crippen LogP contribution in [0.25, 0.3) is 0 Å². The van der Waals surface area contributed by atoms with E-state index >= 15 is 0 Å². The van der Waals surface area contributed by atoms with Crippen LogP contribution < -0.4 is 20.9 Å². The topological polar surface area (TPSA) is 102 Å². The largest absolute Gasteiger partial charge is 0.489 e. The summed E-state index contributed by atoms with van der Waals surface area (Å²) in [5.41, 5.74) is 9.76. The fourth-order valence-electron chi connectivity index (χ4n) is 4.64. The van der Waals surface area contributed by atoms with Gasteiger partial charge in [-0.1, -0.05) is 17.7 Å². The summed E-state index contributed by atoms with van der Waals surface area (Å²) in [6, 6.07) is 3.55. The molecule has 0 saturated heterocycles. The maximum atomic E-state index is 13.3. The van der Waals surface area contributed by atoms with Gasteiger partial charge in [0.1, 0.15) is 12.4 Å². The fourth-order valence-corrected chi connectivity index (χ4v) is 4.64. The van der Waals surface area contributed by atoms with E-state index in [0.717, 1.165) is 38.0 Å². The first-order valence-corrected chi connectivity index (χ1v) is 11.5. The molecule has 4 heterocycles. The van der Waals surface area contributed by atoms with Crippen molar-refractivity contribution in [2.24, 2.45) is 0 Å². The zero-order valence-corrected chi connectivity index (χ0v) is 18.6. The van der Waals surface area contributed by atoms with Gasteiger partial charge in [-0.3, -0.25) is 9.69 Å². The standard InChI is InChI=1S/C24H30N6O3/c31-20(15-29-10-8-17-3-1-2-4-18(17)14-29)16-30-11-12-33-21-5-6-22(28-23(21)24(30)32)27-19-7-9-25-26-13-19/h2,4-7,9,13,20,25-26,31H,1,3,8,10-12,14-16H2,(H,27,28). The minimum absolute atomic E-state index is 0.225. The van der Waals surface area contributed by atoms with E-state index in [-0.39, 0.29) is 18.1 Å². The molecule has 9 heteroatoms. The molecule has 174 valence electrons. The maximum absolute atomic E-state index is 13.3. The van der Waals surface area contributed by atoms with Gasteiger partial charge >= 0.3 is 0 Å². The number of allylic oxidation sites excluding steroid dienone is 2. The normalized spacial score (nSPS) is 21.2. The van der Waals surface area contributed by atoms with Crippen molar-refractivity contribution in [3.05, 3.63) is 65.3 Å². The van der Waals surface area contributed by atoms with Crippen molar-refractivity contribution in [1.29, 1.82) is 0 Å². The molecular weight excluding hydrogens is 420 g/mol. The number of carbonyl (C=O) groups excluding carboxylic acids is 1. The van der Waals surface area contributed by atoms with Gasteiger partial charge in [-0.15, -0.1) is 0 Å². The first-order chi connectivity index (χ1) is 16.2. The lowest BCUT2D eigenvalue weighted by molar-refractivity contribution is 0.0521. The fraction of sp³-hybridized carbons (Fsp3) is 0.417. The number of fused-ring (bicyclic) bond motifs is 1. The molecule has 4 aliphatic rings. The zero-order valence-electron chi connectivity index (χ0n) is 18.6. The van der Waals surface area contributed by atoms with Crippen molar-refractivity contribution < 1.29 is 14.6 Å². The van der Waals surface area contributed by atoms with Crippen molar-refractivity contribution in [2.45, 2.75) is 25.4 Å². The highest BCUT2D eigenvalue weighted by molar-refractivity contribution is 5.95. The average molecular weight is 451 g/mol. The molecule has 1 unspecified atom stereocenters. The predicted octanol–water partition coefficient (Wildman–Crippen LogP) is 1.50. The summed E-state index contributed by atoms with van der Waals surface area (Å²) < 4.78 is 5.78. The summed E-state index contributed by atoms with van der Waals surface area (Å²) in [5, 5.41) is 14.0. The molecule has 0 radical (unpaired) electrons. The summed E-state index contributed by atoms with van der Waals surface area (Å²) >= 11 is 0. The molecule has 1 amide bonds. The van der Waals surface area contributed by atoms with Crippen LogP contribution in [-0.2, 0) is 0 Å². The third-order valence-corrected chi connectivity index (χ3v) is 6.31. The van der Waals surface area contributed by atoms with Crippen molar-refractivity contribution in [3.8, 4) is 5.75 Å². The van der Waals surface area contributed by atoms with Crippen LogP contribution in [-0.4, -0.2) is 71.2 Å². The number of hydrazine groups is 1. The molecular formula is C24H30N6O3. The van der Waals surface area contributed by atoms with Crippen LogP contribution >= 0.6 is 0 Å². The summed E-state index contributed by atoms with van der Waals surface area (Å²) in [7, 11) is 0. The molecule has 1 aliphatic carbocycles. The van der Waals surface area contributed by atoms with Gasteiger partial charge in [-0.2, -0.15) is 0 Å². The molecule has 0 fully saturated rings. The lowest BCUT2D eigenvalue weighted by Gasteiger charge is -2.33. The summed E-state index contributed by atoms with van der Waals surface area (Å²) in [4.78, 5) is 21.7. The first-order valence-electron chi connectivity index (χ1n) is 11.5. The molecule has 1 aromatic rings. The Bertz CT molecular complexity index is 1030. The monoisotopic (exact) mass is 450 g/mol. The number of pyridine rings is 1. The molecule has 0 saturated carbocycles. The minimum atomic E-state index is -0.636. The number of β-amino-alcohol motifs (C(OH)–C–C–N with tert-alkyl or cyclic N) is 1. The van der Waals surface area contributed by atoms with Gasteiger partial charge in [-0.25, -0.2) is 4.98 Å². The van der Waals surface area contributed by atoms with Gasteiger partial charge in [-0.05, 0) is 43.0 Å². The minimum Gasteiger partial charge on any atom is -0.489 e. The van der Waals surface area contributed by atoms with Crippen LogP contribution in [0.2, 0.25) is 0 Å². The number of anilines is 1. The van der Waals surface area contributed by atoms with Gasteiger partial charge in [0.15, 0.2) is 11.4 Å². The number of aliphatic hydroxyl groups excluding tert-OH is 1. The molecule has 9 nitrogen and oxygen atoms in total. The van der Waals surface area contributed by atoms with Crippen LogP contribution in [0.4, 0.5) is 5.82 Å². The highest BCUT2D eigenvalue weighted by Crippen LogP contribution is 2.27. The Morgan fingerprint density at radius 1 is 1.18 bits per heavy atom. The van der Waals surface area contributed by atoms with Crippen LogP contribution in [0.3, 0.4) is 0 Å². The number of aliphatic hydroxyl groups is 1. The Morgan fingerprint density at radius 2 is 2.12 bits per heavy atom. The number of aromatic nitrogens is 1. The second-order valence-electron chi connectivity index (χ2n) is 8.70. The van der Waals surface area contributed by atoms with Crippen LogP contribution in [0.5, 0.6) is 5.75 Å². The quantitative estimate of drug-likeness (QED) is 0.517. The van der Waals surface area contributed by atoms with Gasteiger partial charge in [0.2, 0.25) is 0 Å².